The van der Waals surface area contributed by atoms with E-state index in [2.05, 4.69) is 10.3 Å². The van der Waals surface area contributed by atoms with Crippen molar-refractivity contribution in [3.05, 3.63) is 58.8 Å². The molecule has 0 unspecified atom stereocenters. The summed E-state index contributed by atoms with van der Waals surface area (Å²) in [6.45, 7) is 4.61. The Balaban J connectivity index is 1.42. The lowest BCUT2D eigenvalue weighted by Crippen LogP contribution is -2.31. The van der Waals surface area contributed by atoms with E-state index >= 15 is 0 Å². The number of fused-ring (bicyclic) bond motifs is 1. The number of nitrogens with zero attached hydrogens (tertiary/aromatic N) is 2. The number of amides is 2. The Bertz CT molecular complexity index is 1140. The summed E-state index contributed by atoms with van der Waals surface area (Å²) >= 11 is 0. The zero-order chi connectivity index (χ0) is 23.4. The highest BCUT2D eigenvalue weighted by atomic mass is 16.5. The van der Waals surface area contributed by atoms with Crippen LogP contribution in [0.25, 0.3) is 6.08 Å². The van der Waals surface area contributed by atoms with Crippen LogP contribution in [-0.4, -0.2) is 42.8 Å². The zero-order valence-corrected chi connectivity index (χ0v) is 19.3. The lowest BCUT2D eigenvalue weighted by atomic mass is 10.1. The molecule has 2 aromatic rings. The Morgan fingerprint density at radius 1 is 1.09 bits per heavy atom. The summed E-state index contributed by atoms with van der Waals surface area (Å²) in [7, 11) is 1.54. The SMILES string of the molecule is COc1cc(C=C2N=C3CCCCCN3C2=O)ccc1OCC(=O)Nc1ccc(C)c(C)c1. The standard InChI is InChI=1S/C26H29N3O4/c1-17-8-10-20(13-18(17)2)27-25(30)16-33-22-11-9-19(15-23(22)32-3)14-21-26(31)29-12-6-4-5-7-24(29)28-21/h8-11,13-15H,4-7,12,16H2,1-3H3,(H,27,30). The number of aliphatic imine (C=N–C) groups is 1. The van der Waals surface area contributed by atoms with E-state index in [9.17, 15) is 9.59 Å². The maximum absolute atomic E-state index is 12.7. The van der Waals surface area contributed by atoms with Gasteiger partial charge in [-0.3, -0.25) is 14.5 Å². The molecule has 0 spiro atoms. The van der Waals surface area contributed by atoms with Crippen LogP contribution < -0.4 is 14.8 Å². The third kappa shape index (κ3) is 5.25. The van der Waals surface area contributed by atoms with Gasteiger partial charge in [-0.05, 0) is 73.7 Å². The second-order valence-corrected chi connectivity index (χ2v) is 8.37. The minimum Gasteiger partial charge on any atom is -0.493 e. The summed E-state index contributed by atoms with van der Waals surface area (Å²) in [6, 6.07) is 11.1. The van der Waals surface area contributed by atoms with Crippen molar-refractivity contribution >= 4 is 29.4 Å². The van der Waals surface area contributed by atoms with E-state index in [-0.39, 0.29) is 18.4 Å². The summed E-state index contributed by atoms with van der Waals surface area (Å²) in [5, 5.41) is 2.84. The highest BCUT2D eigenvalue weighted by molar-refractivity contribution is 6.14. The molecule has 4 rings (SSSR count). The number of hydrogen-bond donors (Lipinski definition) is 1. The van der Waals surface area contributed by atoms with Gasteiger partial charge in [0.2, 0.25) is 0 Å². The van der Waals surface area contributed by atoms with E-state index in [0.717, 1.165) is 54.9 Å². The number of aryl methyl sites for hydroxylation is 2. The van der Waals surface area contributed by atoms with Gasteiger partial charge in [-0.2, -0.15) is 0 Å². The molecule has 0 radical (unpaired) electrons. The Labute approximate surface area is 194 Å². The van der Waals surface area contributed by atoms with E-state index in [0.29, 0.717) is 17.2 Å². The van der Waals surface area contributed by atoms with Gasteiger partial charge in [0, 0.05) is 18.7 Å². The molecular weight excluding hydrogens is 418 g/mol. The van der Waals surface area contributed by atoms with Gasteiger partial charge in [-0.1, -0.05) is 18.6 Å². The predicted octanol–water partition coefficient (Wildman–Crippen LogP) is 4.49. The molecule has 1 N–H and O–H groups in total. The van der Waals surface area contributed by atoms with Crippen LogP contribution in [0.5, 0.6) is 11.5 Å². The molecule has 1 fully saturated rings. The van der Waals surface area contributed by atoms with Crippen LogP contribution in [0.4, 0.5) is 5.69 Å². The van der Waals surface area contributed by atoms with Crippen LogP contribution in [0.3, 0.4) is 0 Å². The number of methoxy groups -OCH3 is 1. The first-order chi connectivity index (χ1) is 15.9. The molecule has 0 atom stereocenters. The fourth-order valence-electron chi connectivity index (χ4n) is 3.96. The van der Waals surface area contributed by atoms with Crippen LogP contribution in [0.15, 0.2) is 47.1 Å². The molecule has 0 aliphatic carbocycles. The fraction of sp³-hybridized carbons (Fsp3) is 0.346. The highest BCUT2D eigenvalue weighted by Crippen LogP contribution is 2.30. The maximum atomic E-state index is 12.7. The van der Waals surface area contributed by atoms with Gasteiger partial charge < -0.3 is 14.8 Å². The van der Waals surface area contributed by atoms with E-state index < -0.39 is 0 Å². The first-order valence-corrected chi connectivity index (χ1v) is 11.2. The minimum absolute atomic E-state index is 0.0470. The van der Waals surface area contributed by atoms with Gasteiger partial charge in [0.15, 0.2) is 18.1 Å². The lowest BCUT2D eigenvalue weighted by Gasteiger charge is -2.14. The maximum Gasteiger partial charge on any atom is 0.277 e. The van der Waals surface area contributed by atoms with Crippen molar-refractivity contribution in [3.8, 4) is 11.5 Å². The van der Waals surface area contributed by atoms with E-state index in [1.807, 2.05) is 38.1 Å². The van der Waals surface area contributed by atoms with Gasteiger partial charge in [-0.25, -0.2) is 4.99 Å². The number of amidine groups is 1. The summed E-state index contributed by atoms with van der Waals surface area (Å²) in [4.78, 5) is 31.4. The normalized spacial score (nSPS) is 16.8. The van der Waals surface area contributed by atoms with Gasteiger partial charge >= 0.3 is 0 Å². The van der Waals surface area contributed by atoms with Crippen molar-refractivity contribution in [2.45, 2.75) is 39.5 Å². The highest BCUT2D eigenvalue weighted by Gasteiger charge is 2.30. The molecule has 172 valence electrons. The van der Waals surface area contributed by atoms with Crippen LogP contribution in [-0.2, 0) is 9.59 Å². The number of nitrogens with one attached hydrogen (secondary N) is 1. The second-order valence-electron chi connectivity index (χ2n) is 8.37. The Morgan fingerprint density at radius 3 is 2.73 bits per heavy atom. The van der Waals surface area contributed by atoms with Crippen LogP contribution >= 0.6 is 0 Å². The molecule has 2 amide bonds. The third-order valence-corrected chi connectivity index (χ3v) is 5.95. The molecule has 1 saturated heterocycles. The number of anilines is 1. The van der Waals surface area contributed by atoms with Crippen molar-refractivity contribution in [2.24, 2.45) is 4.99 Å². The molecule has 2 aliphatic rings. The Hall–Kier alpha value is -3.61. The molecule has 7 nitrogen and oxygen atoms in total. The number of carbonyl (C=O) groups excluding carboxylic acids is 2. The largest absolute Gasteiger partial charge is 0.493 e. The van der Waals surface area contributed by atoms with Crippen molar-refractivity contribution in [2.75, 3.05) is 25.6 Å². The summed E-state index contributed by atoms with van der Waals surface area (Å²) in [6.07, 6.45) is 5.80. The summed E-state index contributed by atoms with van der Waals surface area (Å²) < 4.78 is 11.1. The Morgan fingerprint density at radius 2 is 1.94 bits per heavy atom. The number of benzene rings is 2. The van der Waals surface area contributed by atoms with Gasteiger partial charge in [-0.15, -0.1) is 0 Å². The van der Waals surface area contributed by atoms with Crippen LogP contribution in [0.1, 0.15) is 42.4 Å². The monoisotopic (exact) mass is 447 g/mol. The second kappa shape index (κ2) is 9.90. The van der Waals surface area contributed by atoms with Gasteiger partial charge in [0.1, 0.15) is 11.5 Å². The number of hydrogen-bond acceptors (Lipinski definition) is 5. The quantitative estimate of drug-likeness (QED) is 0.662. The first-order valence-electron chi connectivity index (χ1n) is 11.2. The van der Waals surface area contributed by atoms with E-state index in [4.69, 9.17) is 9.47 Å². The van der Waals surface area contributed by atoms with Crippen LogP contribution in [0.2, 0.25) is 0 Å². The van der Waals surface area contributed by atoms with Crippen molar-refractivity contribution in [1.82, 2.24) is 4.90 Å². The van der Waals surface area contributed by atoms with Crippen molar-refractivity contribution < 1.29 is 19.1 Å². The number of rotatable bonds is 6. The number of ether oxygens (including phenoxy) is 2. The fourth-order valence-corrected chi connectivity index (χ4v) is 3.96. The smallest absolute Gasteiger partial charge is 0.277 e. The number of carbonyl (C=O) groups is 2. The predicted molar refractivity (Wildman–Crippen MR) is 129 cm³/mol. The Kier molecular flexibility index (Phi) is 6.77. The minimum atomic E-state index is -0.258. The topological polar surface area (TPSA) is 80.2 Å². The van der Waals surface area contributed by atoms with E-state index in [1.165, 1.54) is 5.56 Å². The van der Waals surface area contributed by atoms with Crippen molar-refractivity contribution in [1.29, 1.82) is 0 Å². The molecule has 7 heteroatoms. The zero-order valence-electron chi connectivity index (χ0n) is 19.3. The average Bonchev–Trinajstić information content (AvgIpc) is 2.95. The molecule has 2 heterocycles. The summed E-state index contributed by atoms with van der Waals surface area (Å²) in [5.41, 5.74) is 4.23. The molecule has 2 aliphatic heterocycles. The summed E-state index contributed by atoms with van der Waals surface area (Å²) in [5.74, 6) is 1.50. The van der Waals surface area contributed by atoms with E-state index in [1.54, 1.807) is 30.2 Å². The average molecular weight is 448 g/mol. The van der Waals surface area contributed by atoms with Gasteiger partial charge in [0.05, 0.1) is 7.11 Å². The van der Waals surface area contributed by atoms with Gasteiger partial charge in [0.25, 0.3) is 11.8 Å². The molecule has 0 saturated carbocycles. The van der Waals surface area contributed by atoms with Crippen molar-refractivity contribution in [3.63, 3.8) is 0 Å². The van der Waals surface area contributed by atoms with Crippen LogP contribution in [0, 0.1) is 13.8 Å². The first kappa shape index (κ1) is 22.6. The molecule has 0 bridgehead atoms. The molecule has 33 heavy (non-hydrogen) atoms. The molecule has 0 aromatic heterocycles. The molecule has 2 aromatic carbocycles. The lowest BCUT2D eigenvalue weighted by molar-refractivity contribution is -0.122. The third-order valence-electron chi connectivity index (χ3n) is 5.95. The molecular formula is C26H29N3O4.